The summed E-state index contributed by atoms with van der Waals surface area (Å²) >= 11 is 1.76. The highest BCUT2D eigenvalue weighted by molar-refractivity contribution is 7.99. The molecule has 0 aromatic heterocycles. The van der Waals surface area contributed by atoms with Gasteiger partial charge in [0.15, 0.2) is 0 Å². The molecule has 100 valence electrons. The molecule has 2 rings (SSSR count). The summed E-state index contributed by atoms with van der Waals surface area (Å²) in [6.45, 7) is 0.841. The third-order valence-electron chi connectivity index (χ3n) is 2.83. The van der Waals surface area contributed by atoms with E-state index in [0.717, 1.165) is 18.1 Å². The zero-order valence-electron chi connectivity index (χ0n) is 10.6. The maximum absolute atomic E-state index is 12.1. The van der Waals surface area contributed by atoms with E-state index in [1.807, 2.05) is 6.07 Å². The highest BCUT2D eigenvalue weighted by Gasteiger charge is 2.21. The number of hydrogen-bond donors (Lipinski definition) is 2. The fourth-order valence-corrected chi connectivity index (χ4v) is 2.75. The number of nitrogens with one attached hydrogen (secondary N) is 2. The number of anilines is 1. The number of methoxy groups -OCH3 is 1. The van der Waals surface area contributed by atoms with Crippen LogP contribution in [0.25, 0.3) is 0 Å². The maximum Gasteiger partial charge on any atom is 0.242 e. The highest BCUT2D eigenvalue weighted by atomic mass is 32.2. The van der Waals surface area contributed by atoms with Crippen molar-refractivity contribution in [3.8, 4) is 11.8 Å². The van der Waals surface area contributed by atoms with Gasteiger partial charge < -0.3 is 15.4 Å². The van der Waals surface area contributed by atoms with E-state index in [0.29, 0.717) is 17.0 Å². The predicted octanol–water partition coefficient (Wildman–Crippen LogP) is 1.21. The minimum absolute atomic E-state index is 0.0739. The SMILES string of the molecule is COc1cc(C#N)ccc1NC(=O)C1CSCCN1. The van der Waals surface area contributed by atoms with Crippen molar-refractivity contribution >= 4 is 23.4 Å². The molecule has 1 atom stereocenters. The van der Waals surface area contributed by atoms with Crippen LogP contribution in [0, 0.1) is 11.3 Å². The number of ether oxygens (including phenoxy) is 1. The standard InChI is InChI=1S/C13H15N3O2S/c1-18-12-6-9(7-14)2-3-10(12)16-13(17)11-8-19-5-4-15-11/h2-3,6,11,15H,4-5,8H2,1H3,(H,16,17). The number of hydrogen-bond acceptors (Lipinski definition) is 5. The van der Waals surface area contributed by atoms with Crippen LogP contribution in [0.4, 0.5) is 5.69 Å². The van der Waals surface area contributed by atoms with Gasteiger partial charge in [0.25, 0.3) is 0 Å². The second kappa shape index (κ2) is 6.45. The average molecular weight is 277 g/mol. The van der Waals surface area contributed by atoms with Gasteiger partial charge in [-0.25, -0.2) is 0 Å². The van der Waals surface area contributed by atoms with Gasteiger partial charge >= 0.3 is 0 Å². The Morgan fingerprint density at radius 3 is 3.11 bits per heavy atom. The fourth-order valence-electron chi connectivity index (χ4n) is 1.82. The monoisotopic (exact) mass is 277 g/mol. The Bertz CT molecular complexity index is 507. The molecule has 2 N–H and O–H groups in total. The minimum Gasteiger partial charge on any atom is -0.495 e. The molecule has 1 aliphatic heterocycles. The molecule has 1 aromatic rings. The van der Waals surface area contributed by atoms with Crippen LogP contribution in [-0.4, -0.2) is 37.1 Å². The first-order valence-corrected chi connectivity index (χ1v) is 7.10. The Labute approximate surface area is 116 Å². The van der Waals surface area contributed by atoms with Gasteiger partial charge in [0.1, 0.15) is 5.75 Å². The number of benzene rings is 1. The topological polar surface area (TPSA) is 74.1 Å². The Morgan fingerprint density at radius 2 is 2.47 bits per heavy atom. The normalized spacial score (nSPS) is 18.4. The van der Waals surface area contributed by atoms with Gasteiger partial charge in [0.05, 0.1) is 30.5 Å². The van der Waals surface area contributed by atoms with E-state index in [2.05, 4.69) is 10.6 Å². The quantitative estimate of drug-likeness (QED) is 0.868. The summed E-state index contributed by atoms with van der Waals surface area (Å²) in [5, 5.41) is 14.8. The van der Waals surface area contributed by atoms with E-state index in [9.17, 15) is 4.79 Å². The molecule has 1 saturated heterocycles. The molecule has 0 aliphatic carbocycles. The second-order valence-electron chi connectivity index (χ2n) is 4.10. The molecule has 1 aliphatic rings. The van der Waals surface area contributed by atoms with E-state index in [1.165, 1.54) is 7.11 Å². The first-order chi connectivity index (χ1) is 9.24. The van der Waals surface area contributed by atoms with Gasteiger partial charge in [0, 0.05) is 24.1 Å². The lowest BCUT2D eigenvalue weighted by molar-refractivity contribution is -0.117. The van der Waals surface area contributed by atoms with E-state index < -0.39 is 0 Å². The summed E-state index contributed by atoms with van der Waals surface area (Å²) in [7, 11) is 1.51. The Balaban J connectivity index is 2.09. The third kappa shape index (κ3) is 3.40. The summed E-state index contributed by atoms with van der Waals surface area (Å²) in [5.74, 6) is 2.22. The number of amides is 1. The molecule has 0 bridgehead atoms. The van der Waals surface area contributed by atoms with E-state index >= 15 is 0 Å². The number of nitriles is 1. The van der Waals surface area contributed by atoms with Crippen LogP contribution in [0.15, 0.2) is 18.2 Å². The summed E-state index contributed by atoms with van der Waals surface area (Å²) in [6, 6.07) is 6.81. The molecule has 6 heteroatoms. The highest BCUT2D eigenvalue weighted by Crippen LogP contribution is 2.25. The smallest absolute Gasteiger partial charge is 0.242 e. The van der Waals surface area contributed by atoms with Crippen molar-refractivity contribution < 1.29 is 9.53 Å². The van der Waals surface area contributed by atoms with Crippen LogP contribution in [0.5, 0.6) is 5.75 Å². The van der Waals surface area contributed by atoms with Gasteiger partial charge in [-0.2, -0.15) is 17.0 Å². The van der Waals surface area contributed by atoms with Crippen molar-refractivity contribution in [2.45, 2.75) is 6.04 Å². The summed E-state index contributed by atoms with van der Waals surface area (Å²) in [5.41, 5.74) is 1.09. The molecule has 1 heterocycles. The van der Waals surface area contributed by atoms with Crippen molar-refractivity contribution in [2.75, 3.05) is 30.5 Å². The summed E-state index contributed by atoms with van der Waals surface area (Å²) < 4.78 is 5.18. The van der Waals surface area contributed by atoms with E-state index in [-0.39, 0.29) is 11.9 Å². The molecule has 1 fully saturated rings. The van der Waals surface area contributed by atoms with E-state index in [4.69, 9.17) is 10.00 Å². The zero-order chi connectivity index (χ0) is 13.7. The van der Waals surface area contributed by atoms with Crippen LogP contribution >= 0.6 is 11.8 Å². The van der Waals surface area contributed by atoms with Gasteiger partial charge in [-0.05, 0) is 12.1 Å². The van der Waals surface area contributed by atoms with Gasteiger partial charge in [-0.15, -0.1) is 0 Å². The third-order valence-corrected chi connectivity index (χ3v) is 3.89. The van der Waals surface area contributed by atoms with Gasteiger partial charge in [0.2, 0.25) is 5.91 Å². The molecule has 1 unspecified atom stereocenters. The predicted molar refractivity (Wildman–Crippen MR) is 75.5 cm³/mol. The Hall–Kier alpha value is -1.71. The number of carbonyl (C=O) groups is 1. The van der Waals surface area contributed by atoms with Crippen LogP contribution < -0.4 is 15.4 Å². The zero-order valence-corrected chi connectivity index (χ0v) is 11.4. The lowest BCUT2D eigenvalue weighted by Crippen LogP contribution is -2.46. The largest absolute Gasteiger partial charge is 0.495 e. The van der Waals surface area contributed by atoms with E-state index in [1.54, 1.807) is 30.0 Å². The molecule has 0 radical (unpaired) electrons. The van der Waals surface area contributed by atoms with Crippen molar-refractivity contribution in [1.29, 1.82) is 5.26 Å². The molecule has 0 saturated carbocycles. The maximum atomic E-state index is 12.1. The fraction of sp³-hybridized carbons (Fsp3) is 0.385. The number of nitrogens with zero attached hydrogens (tertiary/aromatic N) is 1. The summed E-state index contributed by atoms with van der Waals surface area (Å²) in [4.78, 5) is 12.1. The van der Waals surface area contributed by atoms with Crippen molar-refractivity contribution in [1.82, 2.24) is 5.32 Å². The lowest BCUT2D eigenvalue weighted by atomic mass is 10.2. The molecular formula is C13H15N3O2S. The Kier molecular flexibility index (Phi) is 4.66. The first-order valence-electron chi connectivity index (χ1n) is 5.94. The number of thioether (sulfide) groups is 1. The molecule has 5 nitrogen and oxygen atoms in total. The van der Waals surface area contributed by atoms with Crippen molar-refractivity contribution in [3.05, 3.63) is 23.8 Å². The number of rotatable bonds is 3. The lowest BCUT2D eigenvalue weighted by Gasteiger charge is -2.22. The summed E-state index contributed by atoms with van der Waals surface area (Å²) in [6.07, 6.45) is 0. The molecule has 1 aromatic carbocycles. The van der Waals surface area contributed by atoms with Gasteiger partial charge in [-0.3, -0.25) is 4.79 Å². The van der Waals surface area contributed by atoms with Crippen molar-refractivity contribution in [2.24, 2.45) is 0 Å². The molecule has 19 heavy (non-hydrogen) atoms. The minimum atomic E-state index is -0.181. The van der Waals surface area contributed by atoms with Crippen LogP contribution in [0.1, 0.15) is 5.56 Å². The second-order valence-corrected chi connectivity index (χ2v) is 5.25. The van der Waals surface area contributed by atoms with Gasteiger partial charge in [-0.1, -0.05) is 0 Å². The average Bonchev–Trinajstić information content (AvgIpc) is 2.48. The van der Waals surface area contributed by atoms with Crippen LogP contribution in [0.3, 0.4) is 0 Å². The molecule has 1 amide bonds. The number of carbonyl (C=O) groups excluding carboxylic acids is 1. The molecular weight excluding hydrogens is 262 g/mol. The van der Waals surface area contributed by atoms with Crippen LogP contribution in [-0.2, 0) is 4.79 Å². The van der Waals surface area contributed by atoms with Crippen LogP contribution in [0.2, 0.25) is 0 Å². The first kappa shape index (κ1) is 13.7. The molecule has 0 spiro atoms. The Morgan fingerprint density at radius 1 is 1.63 bits per heavy atom. The van der Waals surface area contributed by atoms with Crippen molar-refractivity contribution in [3.63, 3.8) is 0 Å².